The highest BCUT2D eigenvalue weighted by Crippen LogP contribution is 2.17. The minimum absolute atomic E-state index is 0. The van der Waals surface area contributed by atoms with E-state index in [9.17, 15) is 8.42 Å². The first-order chi connectivity index (χ1) is 11.6. The van der Waals surface area contributed by atoms with Crippen LogP contribution >= 0.6 is 24.0 Å². The Morgan fingerprint density at radius 3 is 2.76 bits per heavy atom. The van der Waals surface area contributed by atoms with Crippen molar-refractivity contribution in [2.45, 2.75) is 25.4 Å². The Hall–Kier alpha value is -0.870. The first-order valence-electron chi connectivity index (χ1n) is 8.52. The summed E-state index contributed by atoms with van der Waals surface area (Å²) in [7, 11) is -1.15. The Balaban J connectivity index is 0.00000225. The Morgan fingerprint density at radius 1 is 1.32 bits per heavy atom. The van der Waals surface area contributed by atoms with E-state index < -0.39 is 9.84 Å². The zero-order valence-electron chi connectivity index (χ0n) is 14.6. The highest BCUT2D eigenvalue weighted by molar-refractivity contribution is 14.0. The van der Waals surface area contributed by atoms with Crippen LogP contribution in [-0.4, -0.2) is 63.5 Å². The second-order valence-electron chi connectivity index (χ2n) is 6.54. The van der Waals surface area contributed by atoms with Crippen molar-refractivity contribution in [2.75, 3.05) is 38.2 Å². The van der Waals surface area contributed by atoms with Crippen LogP contribution in [0.2, 0.25) is 0 Å². The molecule has 1 atom stereocenters. The molecule has 6 nitrogen and oxygen atoms in total. The Morgan fingerprint density at radius 2 is 2.08 bits per heavy atom. The summed E-state index contributed by atoms with van der Waals surface area (Å²) in [6.07, 6.45) is 1.76. The van der Waals surface area contributed by atoms with E-state index in [4.69, 9.17) is 0 Å². The lowest BCUT2D eigenvalue weighted by Crippen LogP contribution is -2.46. The quantitative estimate of drug-likeness (QED) is 0.384. The summed E-state index contributed by atoms with van der Waals surface area (Å²) in [5.41, 5.74) is 2.88. The van der Waals surface area contributed by atoms with Gasteiger partial charge in [0.2, 0.25) is 0 Å². The summed E-state index contributed by atoms with van der Waals surface area (Å²) in [4.78, 5) is 6.63. The number of hydrogen-bond donors (Lipinski definition) is 2. The topological polar surface area (TPSA) is 73.8 Å². The highest BCUT2D eigenvalue weighted by atomic mass is 127. The summed E-state index contributed by atoms with van der Waals surface area (Å²) in [6.45, 7) is 3.80. The maximum atomic E-state index is 11.5. The van der Waals surface area contributed by atoms with Crippen molar-refractivity contribution in [3.63, 3.8) is 0 Å². The van der Waals surface area contributed by atoms with Crippen molar-refractivity contribution in [3.05, 3.63) is 35.4 Å². The second-order valence-corrected chi connectivity index (χ2v) is 8.77. The van der Waals surface area contributed by atoms with Crippen LogP contribution in [-0.2, 0) is 22.8 Å². The van der Waals surface area contributed by atoms with E-state index in [0.29, 0.717) is 12.4 Å². The van der Waals surface area contributed by atoms with E-state index in [1.807, 2.05) is 0 Å². The van der Waals surface area contributed by atoms with Crippen LogP contribution < -0.4 is 10.6 Å². The number of benzene rings is 1. The standard InChI is InChI=1S/C17H26N4O2S.HI/c1-18-17(20-16-7-11-24(22,23)13-16)19-8-10-21-9-6-14-4-2-3-5-15(14)12-21;/h2-5,16H,6-13H2,1H3,(H2,18,19,20);1H. The Bertz CT molecular complexity index is 708. The first-order valence-corrected chi connectivity index (χ1v) is 10.3. The maximum Gasteiger partial charge on any atom is 0.191 e. The lowest BCUT2D eigenvalue weighted by molar-refractivity contribution is 0.258. The summed E-state index contributed by atoms with van der Waals surface area (Å²) in [6, 6.07) is 8.60. The number of halogens is 1. The molecule has 2 heterocycles. The molecule has 25 heavy (non-hydrogen) atoms. The molecule has 1 saturated heterocycles. The molecule has 3 rings (SSSR count). The van der Waals surface area contributed by atoms with Crippen molar-refractivity contribution < 1.29 is 8.42 Å². The first kappa shape index (κ1) is 20.4. The molecule has 0 saturated carbocycles. The predicted molar refractivity (Wildman–Crippen MR) is 112 cm³/mol. The molecular formula is C17H27IN4O2S. The minimum atomic E-state index is -2.87. The largest absolute Gasteiger partial charge is 0.355 e. The van der Waals surface area contributed by atoms with E-state index in [1.54, 1.807) is 7.05 Å². The van der Waals surface area contributed by atoms with Crippen LogP contribution in [0.25, 0.3) is 0 Å². The number of hydrogen-bond acceptors (Lipinski definition) is 4. The van der Waals surface area contributed by atoms with E-state index in [2.05, 4.69) is 44.8 Å². The number of nitrogens with zero attached hydrogens (tertiary/aromatic N) is 2. The van der Waals surface area contributed by atoms with Gasteiger partial charge in [0.25, 0.3) is 0 Å². The van der Waals surface area contributed by atoms with Gasteiger partial charge in [0.15, 0.2) is 15.8 Å². The lowest BCUT2D eigenvalue weighted by Gasteiger charge is -2.29. The third kappa shape index (κ3) is 5.82. The van der Waals surface area contributed by atoms with Crippen molar-refractivity contribution in [1.82, 2.24) is 15.5 Å². The Kier molecular flexibility index (Phi) is 7.51. The summed E-state index contributed by atoms with van der Waals surface area (Å²) < 4.78 is 23.1. The van der Waals surface area contributed by atoms with Crippen molar-refractivity contribution in [2.24, 2.45) is 4.99 Å². The van der Waals surface area contributed by atoms with Gasteiger partial charge in [-0.05, 0) is 24.0 Å². The number of rotatable bonds is 4. The molecule has 0 radical (unpaired) electrons. The molecule has 0 bridgehead atoms. The second kappa shape index (κ2) is 9.18. The molecular weight excluding hydrogens is 451 g/mol. The smallest absolute Gasteiger partial charge is 0.191 e. The van der Waals surface area contributed by atoms with Crippen LogP contribution in [0.4, 0.5) is 0 Å². The molecule has 2 aliphatic rings. The molecule has 0 spiro atoms. The zero-order valence-corrected chi connectivity index (χ0v) is 17.7. The zero-order chi connectivity index (χ0) is 17.0. The molecule has 2 aliphatic heterocycles. The van der Waals surface area contributed by atoms with Crippen molar-refractivity contribution >= 4 is 39.8 Å². The van der Waals surface area contributed by atoms with Crippen LogP contribution in [0, 0.1) is 0 Å². The SMILES string of the molecule is CN=C(NCCN1CCc2ccccc2C1)NC1CCS(=O)(=O)C1.I. The van der Waals surface area contributed by atoms with Crippen LogP contribution in [0.5, 0.6) is 0 Å². The molecule has 8 heteroatoms. The van der Waals surface area contributed by atoms with Gasteiger partial charge < -0.3 is 10.6 Å². The highest BCUT2D eigenvalue weighted by Gasteiger charge is 2.28. The molecule has 1 fully saturated rings. The van der Waals surface area contributed by atoms with E-state index in [0.717, 1.165) is 32.6 Å². The predicted octanol–water partition coefficient (Wildman–Crippen LogP) is 1.01. The fourth-order valence-electron chi connectivity index (χ4n) is 3.37. The van der Waals surface area contributed by atoms with Gasteiger partial charge in [-0.3, -0.25) is 9.89 Å². The molecule has 140 valence electrons. The van der Waals surface area contributed by atoms with Gasteiger partial charge in [0.05, 0.1) is 11.5 Å². The molecule has 1 unspecified atom stereocenters. The Labute approximate surface area is 167 Å². The summed E-state index contributed by atoms with van der Waals surface area (Å²) in [5, 5.41) is 6.51. The average Bonchev–Trinajstić information content (AvgIpc) is 2.92. The fourth-order valence-corrected chi connectivity index (χ4v) is 5.05. The van der Waals surface area contributed by atoms with Crippen molar-refractivity contribution in [3.8, 4) is 0 Å². The maximum absolute atomic E-state index is 11.5. The number of fused-ring (bicyclic) bond motifs is 1. The van der Waals surface area contributed by atoms with E-state index in [-0.39, 0.29) is 41.5 Å². The van der Waals surface area contributed by atoms with E-state index >= 15 is 0 Å². The van der Waals surface area contributed by atoms with Crippen LogP contribution in [0.3, 0.4) is 0 Å². The van der Waals surface area contributed by atoms with Gasteiger partial charge in [-0.15, -0.1) is 24.0 Å². The molecule has 0 aromatic heterocycles. The van der Waals surface area contributed by atoms with Crippen LogP contribution in [0.15, 0.2) is 29.3 Å². The van der Waals surface area contributed by atoms with Gasteiger partial charge in [-0.25, -0.2) is 8.42 Å². The average molecular weight is 478 g/mol. The van der Waals surface area contributed by atoms with Gasteiger partial charge in [-0.2, -0.15) is 0 Å². The third-order valence-electron chi connectivity index (χ3n) is 4.73. The minimum Gasteiger partial charge on any atom is -0.355 e. The molecule has 2 N–H and O–H groups in total. The van der Waals surface area contributed by atoms with Crippen molar-refractivity contribution in [1.29, 1.82) is 0 Å². The molecule has 1 aromatic rings. The number of aliphatic imine (C=N–C) groups is 1. The van der Waals surface area contributed by atoms with Gasteiger partial charge >= 0.3 is 0 Å². The number of sulfone groups is 1. The lowest BCUT2D eigenvalue weighted by atomic mass is 10.00. The summed E-state index contributed by atoms with van der Waals surface area (Å²) in [5.74, 6) is 1.17. The molecule has 0 amide bonds. The normalized spacial score (nSPS) is 22.8. The van der Waals surface area contributed by atoms with E-state index in [1.165, 1.54) is 11.1 Å². The third-order valence-corrected chi connectivity index (χ3v) is 6.50. The molecule has 1 aromatic carbocycles. The molecule has 0 aliphatic carbocycles. The van der Waals surface area contributed by atoms with Gasteiger partial charge in [0, 0.05) is 39.3 Å². The van der Waals surface area contributed by atoms with Gasteiger partial charge in [-0.1, -0.05) is 24.3 Å². The number of nitrogens with one attached hydrogen (secondary N) is 2. The van der Waals surface area contributed by atoms with Crippen LogP contribution in [0.1, 0.15) is 17.5 Å². The monoisotopic (exact) mass is 478 g/mol. The van der Waals surface area contributed by atoms with Gasteiger partial charge in [0.1, 0.15) is 0 Å². The number of guanidine groups is 1. The summed E-state index contributed by atoms with van der Waals surface area (Å²) >= 11 is 0. The fraction of sp³-hybridized carbons (Fsp3) is 0.588.